The van der Waals surface area contributed by atoms with Crippen molar-refractivity contribution in [2.24, 2.45) is 0 Å². The van der Waals surface area contributed by atoms with Gasteiger partial charge in [-0.25, -0.2) is 4.79 Å². The molecule has 112 valence electrons. The molecule has 0 saturated heterocycles. The Hall–Kier alpha value is -1.59. The van der Waals surface area contributed by atoms with Crippen LogP contribution in [0.2, 0.25) is 0 Å². The molecule has 0 fully saturated rings. The van der Waals surface area contributed by atoms with Crippen LogP contribution in [0.1, 0.15) is 24.5 Å². The number of hydrogen-bond acceptors (Lipinski definition) is 3. The van der Waals surface area contributed by atoms with E-state index < -0.39 is 0 Å². The van der Waals surface area contributed by atoms with Crippen LogP contribution in [0.25, 0.3) is 0 Å². The fraction of sp³-hybridized carbons (Fsp3) is 0.533. The zero-order chi connectivity index (χ0) is 14.6. The van der Waals surface area contributed by atoms with Gasteiger partial charge in [-0.15, -0.1) is 0 Å². The minimum absolute atomic E-state index is 0.159. The molecule has 1 rings (SSSR count). The van der Waals surface area contributed by atoms with Crippen molar-refractivity contribution in [2.75, 3.05) is 26.9 Å². The van der Waals surface area contributed by atoms with E-state index in [1.165, 1.54) is 0 Å². The first-order valence-electron chi connectivity index (χ1n) is 6.93. The molecule has 0 aliphatic rings. The summed E-state index contributed by atoms with van der Waals surface area (Å²) in [6.45, 7) is 5.00. The number of carbonyl (C=O) groups is 1. The van der Waals surface area contributed by atoms with Crippen LogP contribution in [0, 0.1) is 0 Å². The lowest BCUT2D eigenvalue weighted by Crippen LogP contribution is -2.36. The smallest absolute Gasteiger partial charge is 0.315 e. The number of ether oxygens (including phenoxy) is 2. The zero-order valence-corrected chi connectivity index (χ0v) is 12.3. The maximum Gasteiger partial charge on any atom is 0.315 e. The molecule has 1 aromatic rings. The highest BCUT2D eigenvalue weighted by Crippen LogP contribution is 2.09. The number of methoxy groups -OCH3 is 1. The Morgan fingerprint density at radius 1 is 1.20 bits per heavy atom. The summed E-state index contributed by atoms with van der Waals surface area (Å²) in [6.07, 6.45) is 0.821. The van der Waals surface area contributed by atoms with Crippen LogP contribution in [0.5, 0.6) is 0 Å². The predicted molar refractivity (Wildman–Crippen MR) is 78.5 cm³/mol. The Balaban J connectivity index is 2.26. The van der Waals surface area contributed by atoms with Crippen molar-refractivity contribution >= 4 is 6.03 Å². The fourth-order valence-electron chi connectivity index (χ4n) is 1.78. The van der Waals surface area contributed by atoms with Crippen LogP contribution in [0.3, 0.4) is 0 Å². The lowest BCUT2D eigenvalue weighted by atomic mass is 10.1. The van der Waals surface area contributed by atoms with Gasteiger partial charge in [0.15, 0.2) is 0 Å². The zero-order valence-electron chi connectivity index (χ0n) is 12.3. The monoisotopic (exact) mass is 280 g/mol. The molecule has 0 radical (unpaired) electrons. The number of amides is 2. The third-order valence-electron chi connectivity index (χ3n) is 2.81. The third-order valence-corrected chi connectivity index (χ3v) is 2.81. The van der Waals surface area contributed by atoms with Gasteiger partial charge in [0.2, 0.25) is 0 Å². The molecule has 0 bridgehead atoms. The molecule has 2 amide bonds. The summed E-state index contributed by atoms with van der Waals surface area (Å²) in [6, 6.07) is 7.75. The largest absolute Gasteiger partial charge is 0.382 e. The number of nitrogens with one attached hydrogen (secondary N) is 2. The molecule has 0 aromatic heterocycles. The average molecular weight is 280 g/mol. The van der Waals surface area contributed by atoms with Crippen LogP contribution in [0.4, 0.5) is 4.79 Å². The van der Waals surface area contributed by atoms with Gasteiger partial charge in [0.25, 0.3) is 0 Å². The summed E-state index contributed by atoms with van der Waals surface area (Å²) >= 11 is 0. The lowest BCUT2D eigenvalue weighted by molar-refractivity contribution is 0.145. The Morgan fingerprint density at radius 2 is 1.95 bits per heavy atom. The van der Waals surface area contributed by atoms with Crippen molar-refractivity contribution in [3.8, 4) is 0 Å². The average Bonchev–Trinajstić information content (AvgIpc) is 2.46. The van der Waals surface area contributed by atoms with E-state index >= 15 is 0 Å². The molecule has 0 atom stereocenters. The highest BCUT2D eigenvalue weighted by atomic mass is 16.5. The molecule has 0 spiro atoms. The Kier molecular flexibility index (Phi) is 8.42. The topological polar surface area (TPSA) is 59.6 Å². The van der Waals surface area contributed by atoms with Gasteiger partial charge in [0.05, 0.1) is 6.61 Å². The molecule has 1 aromatic carbocycles. The molecule has 20 heavy (non-hydrogen) atoms. The predicted octanol–water partition coefficient (Wildman–Crippen LogP) is 2.06. The lowest BCUT2D eigenvalue weighted by Gasteiger charge is -2.11. The first kappa shape index (κ1) is 16.5. The van der Waals surface area contributed by atoms with E-state index in [0.717, 1.165) is 17.5 Å². The minimum atomic E-state index is -0.159. The van der Waals surface area contributed by atoms with Crippen LogP contribution in [0.15, 0.2) is 24.3 Å². The number of hydrogen-bond donors (Lipinski definition) is 2. The molecule has 0 aliphatic carbocycles. The second-order valence-corrected chi connectivity index (χ2v) is 4.36. The van der Waals surface area contributed by atoms with Gasteiger partial charge in [0, 0.05) is 33.4 Å². The molecule has 0 unspecified atom stereocenters. The van der Waals surface area contributed by atoms with E-state index in [-0.39, 0.29) is 6.03 Å². The molecule has 0 aliphatic heterocycles. The summed E-state index contributed by atoms with van der Waals surface area (Å²) in [5.74, 6) is 0. The molecule has 5 nitrogen and oxygen atoms in total. The molecular formula is C15H24N2O3. The quantitative estimate of drug-likeness (QED) is 0.681. The van der Waals surface area contributed by atoms with E-state index in [2.05, 4.69) is 10.6 Å². The van der Waals surface area contributed by atoms with Crippen LogP contribution < -0.4 is 10.6 Å². The van der Waals surface area contributed by atoms with Gasteiger partial charge >= 0.3 is 6.03 Å². The first-order chi connectivity index (χ1) is 9.77. The second kappa shape index (κ2) is 10.2. The van der Waals surface area contributed by atoms with E-state index in [0.29, 0.717) is 32.9 Å². The molecular weight excluding hydrogens is 256 g/mol. The molecule has 5 heteroatoms. The maximum absolute atomic E-state index is 11.6. The second-order valence-electron chi connectivity index (χ2n) is 4.36. The van der Waals surface area contributed by atoms with Crippen LogP contribution >= 0.6 is 0 Å². The fourth-order valence-corrected chi connectivity index (χ4v) is 1.78. The number of urea groups is 1. The number of carbonyl (C=O) groups excluding carboxylic acids is 1. The van der Waals surface area contributed by atoms with Crippen LogP contribution in [-0.4, -0.2) is 32.9 Å². The summed E-state index contributed by atoms with van der Waals surface area (Å²) in [4.78, 5) is 11.6. The Morgan fingerprint density at radius 3 is 2.65 bits per heavy atom. The highest BCUT2D eigenvalue weighted by molar-refractivity contribution is 5.73. The number of rotatable bonds is 9. The van der Waals surface area contributed by atoms with Gasteiger partial charge in [-0.05, 0) is 24.5 Å². The van der Waals surface area contributed by atoms with Crippen molar-refractivity contribution in [3.63, 3.8) is 0 Å². The van der Waals surface area contributed by atoms with Gasteiger partial charge < -0.3 is 20.1 Å². The van der Waals surface area contributed by atoms with Gasteiger partial charge in [-0.2, -0.15) is 0 Å². The highest BCUT2D eigenvalue weighted by Gasteiger charge is 2.03. The molecule has 0 heterocycles. The summed E-state index contributed by atoms with van der Waals surface area (Å²) < 4.78 is 10.3. The van der Waals surface area contributed by atoms with E-state index in [1.807, 2.05) is 31.2 Å². The van der Waals surface area contributed by atoms with Crippen LogP contribution in [-0.2, 0) is 22.6 Å². The Bertz CT molecular complexity index is 396. The number of benzene rings is 1. The third kappa shape index (κ3) is 6.54. The van der Waals surface area contributed by atoms with E-state index in [9.17, 15) is 4.79 Å². The Labute approximate surface area is 120 Å². The van der Waals surface area contributed by atoms with Gasteiger partial charge in [-0.1, -0.05) is 24.3 Å². The van der Waals surface area contributed by atoms with Gasteiger partial charge in [-0.3, -0.25) is 0 Å². The van der Waals surface area contributed by atoms with E-state index in [1.54, 1.807) is 7.11 Å². The van der Waals surface area contributed by atoms with Gasteiger partial charge in [0.1, 0.15) is 0 Å². The van der Waals surface area contributed by atoms with Crippen molar-refractivity contribution < 1.29 is 14.3 Å². The first-order valence-corrected chi connectivity index (χ1v) is 6.93. The summed E-state index contributed by atoms with van der Waals surface area (Å²) in [5.41, 5.74) is 2.16. The van der Waals surface area contributed by atoms with E-state index in [4.69, 9.17) is 9.47 Å². The molecule has 2 N–H and O–H groups in total. The SMILES string of the molecule is CCOCCCNC(=O)NCc1ccccc1COC. The van der Waals surface area contributed by atoms with Crippen molar-refractivity contribution in [2.45, 2.75) is 26.5 Å². The summed E-state index contributed by atoms with van der Waals surface area (Å²) in [5, 5.41) is 5.64. The van der Waals surface area contributed by atoms with Crippen molar-refractivity contribution in [1.29, 1.82) is 0 Å². The van der Waals surface area contributed by atoms with Crippen molar-refractivity contribution in [1.82, 2.24) is 10.6 Å². The minimum Gasteiger partial charge on any atom is -0.382 e. The van der Waals surface area contributed by atoms with Crippen molar-refractivity contribution in [3.05, 3.63) is 35.4 Å². The normalized spacial score (nSPS) is 10.3. The maximum atomic E-state index is 11.6. The summed E-state index contributed by atoms with van der Waals surface area (Å²) in [7, 11) is 1.66. The standard InChI is InChI=1S/C15H24N2O3/c1-3-20-10-6-9-16-15(18)17-11-13-7-4-5-8-14(13)12-19-2/h4-5,7-8H,3,6,9-12H2,1-2H3,(H2,16,17,18). The molecule has 0 saturated carbocycles.